The lowest BCUT2D eigenvalue weighted by Gasteiger charge is -2.24. The summed E-state index contributed by atoms with van der Waals surface area (Å²) < 4.78 is 1.90. The molecule has 156 valence electrons. The van der Waals surface area contributed by atoms with E-state index in [1.807, 2.05) is 32.4 Å². The fraction of sp³-hybridized carbons (Fsp3) is 0.524. The molecule has 3 heterocycles. The van der Waals surface area contributed by atoms with E-state index in [9.17, 15) is 9.59 Å². The first-order valence-corrected chi connectivity index (χ1v) is 10.2. The molecule has 0 radical (unpaired) electrons. The lowest BCUT2D eigenvalue weighted by Crippen LogP contribution is -2.35. The molecule has 0 unspecified atom stereocenters. The number of fused-ring (bicyclic) bond motifs is 1. The average Bonchev–Trinajstić information content (AvgIpc) is 3.09. The largest absolute Gasteiger partial charge is 0.367 e. The van der Waals surface area contributed by atoms with Crippen LogP contribution in [0.25, 0.3) is 0 Å². The molecule has 1 aliphatic rings. The van der Waals surface area contributed by atoms with Crippen LogP contribution in [0.4, 0.5) is 5.82 Å². The Bertz CT molecular complexity index is 874. The highest BCUT2D eigenvalue weighted by Crippen LogP contribution is 2.23. The highest BCUT2D eigenvalue weighted by Gasteiger charge is 2.26. The van der Waals surface area contributed by atoms with Crippen LogP contribution in [-0.4, -0.2) is 45.2 Å². The van der Waals surface area contributed by atoms with Gasteiger partial charge >= 0.3 is 0 Å². The molecule has 3 N–H and O–H groups in total. The number of aromatic nitrogens is 3. The Labute approximate surface area is 171 Å². The van der Waals surface area contributed by atoms with Crippen LogP contribution in [0.15, 0.2) is 24.5 Å². The van der Waals surface area contributed by atoms with Crippen molar-refractivity contribution in [2.24, 2.45) is 5.92 Å². The topological polar surface area (TPSA) is 101 Å². The number of rotatable bonds is 7. The molecule has 8 heteroatoms. The van der Waals surface area contributed by atoms with Crippen LogP contribution < -0.4 is 16.0 Å². The molecule has 2 amide bonds. The van der Waals surface area contributed by atoms with Crippen LogP contribution >= 0.6 is 0 Å². The van der Waals surface area contributed by atoms with E-state index in [1.54, 1.807) is 24.5 Å². The average molecular weight is 399 g/mol. The molecule has 29 heavy (non-hydrogen) atoms. The van der Waals surface area contributed by atoms with Gasteiger partial charge in [0.1, 0.15) is 5.82 Å². The van der Waals surface area contributed by atoms with Crippen molar-refractivity contribution in [1.82, 2.24) is 25.4 Å². The van der Waals surface area contributed by atoms with E-state index in [4.69, 9.17) is 0 Å². The van der Waals surface area contributed by atoms with Crippen molar-refractivity contribution < 1.29 is 9.59 Å². The van der Waals surface area contributed by atoms with Gasteiger partial charge in [0.05, 0.1) is 23.0 Å². The van der Waals surface area contributed by atoms with Gasteiger partial charge in [0.25, 0.3) is 11.8 Å². The fourth-order valence-corrected chi connectivity index (χ4v) is 3.51. The van der Waals surface area contributed by atoms with Gasteiger partial charge in [0.2, 0.25) is 0 Å². The van der Waals surface area contributed by atoms with Gasteiger partial charge in [-0.2, -0.15) is 5.10 Å². The molecule has 2 aromatic rings. The molecule has 0 fully saturated rings. The van der Waals surface area contributed by atoms with E-state index >= 15 is 0 Å². The molecule has 8 nitrogen and oxygen atoms in total. The molecule has 0 bridgehead atoms. The standard InChI is InChI=1S/C21H30N6O2/c1-13(2)25-19-16(6-5-8-22-19)20(28)23-11-15-7-9-27-18(10-15)17(12-24-27)21(29)26-14(3)4/h5-6,8,12-15H,7,9-11H2,1-4H3,(H,22,25)(H,23,28)(H,26,29)/t15-/m0/s1. The molecule has 1 atom stereocenters. The van der Waals surface area contributed by atoms with Gasteiger partial charge in [-0.05, 0) is 58.6 Å². The summed E-state index contributed by atoms with van der Waals surface area (Å²) in [6.07, 6.45) is 4.94. The van der Waals surface area contributed by atoms with Crippen molar-refractivity contribution in [3.05, 3.63) is 41.3 Å². The molecule has 0 aromatic carbocycles. The maximum absolute atomic E-state index is 12.7. The van der Waals surface area contributed by atoms with E-state index in [1.165, 1.54) is 0 Å². The number of pyridine rings is 1. The zero-order chi connectivity index (χ0) is 21.0. The third kappa shape index (κ3) is 5.13. The number of carbonyl (C=O) groups is 2. The normalized spacial score (nSPS) is 15.9. The molecule has 0 saturated carbocycles. The highest BCUT2D eigenvalue weighted by molar-refractivity contribution is 5.98. The number of hydrogen-bond donors (Lipinski definition) is 3. The number of carbonyl (C=O) groups excluding carboxylic acids is 2. The predicted octanol–water partition coefficient (Wildman–Crippen LogP) is 2.23. The Morgan fingerprint density at radius 3 is 2.69 bits per heavy atom. The lowest BCUT2D eigenvalue weighted by molar-refractivity contribution is 0.0930. The van der Waals surface area contributed by atoms with Gasteiger partial charge < -0.3 is 16.0 Å². The second kappa shape index (κ2) is 9.07. The van der Waals surface area contributed by atoms with Crippen molar-refractivity contribution in [3.8, 4) is 0 Å². The Balaban J connectivity index is 1.63. The van der Waals surface area contributed by atoms with Crippen LogP contribution in [0, 0.1) is 5.92 Å². The molecule has 0 aliphatic carbocycles. The van der Waals surface area contributed by atoms with E-state index < -0.39 is 0 Å². The Kier molecular flexibility index (Phi) is 6.51. The molecule has 2 aromatic heterocycles. The van der Waals surface area contributed by atoms with Gasteiger partial charge in [-0.3, -0.25) is 14.3 Å². The third-order valence-electron chi connectivity index (χ3n) is 4.87. The van der Waals surface area contributed by atoms with Crippen LogP contribution in [0.5, 0.6) is 0 Å². The van der Waals surface area contributed by atoms with Crippen LogP contribution in [0.3, 0.4) is 0 Å². The predicted molar refractivity (Wildman–Crippen MR) is 112 cm³/mol. The summed E-state index contributed by atoms with van der Waals surface area (Å²) in [7, 11) is 0. The van der Waals surface area contributed by atoms with E-state index in [0.29, 0.717) is 29.9 Å². The molecular weight excluding hydrogens is 368 g/mol. The van der Waals surface area contributed by atoms with E-state index in [0.717, 1.165) is 18.7 Å². The summed E-state index contributed by atoms with van der Waals surface area (Å²) in [5.74, 6) is 0.616. The first-order valence-electron chi connectivity index (χ1n) is 10.2. The minimum atomic E-state index is -0.141. The zero-order valence-corrected chi connectivity index (χ0v) is 17.5. The van der Waals surface area contributed by atoms with Crippen molar-refractivity contribution in [2.45, 2.75) is 59.2 Å². The maximum Gasteiger partial charge on any atom is 0.255 e. The summed E-state index contributed by atoms with van der Waals surface area (Å²) in [5.41, 5.74) is 2.11. The first-order chi connectivity index (χ1) is 13.8. The van der Waals surface area contributed by atoms with Crippen molar-refractivity contribution in [1.29, 1.82) is 0 Å². The maximum atomic E-state index is 12.7. The minimum Gasteiger partial charge on any atom is -0.367 e. The quantitative estimate of drug-likeness (QED) is 0.664. The SMILES string of the molecule is CC(C)NC(=O)c1cnn2c1C[C@@H](CNC(=O)c1cccnc1NC(C)C)CC2. The van der Waals surface area contributed by atoms with Crippen molar-refractivity contribution in [3.63, 3.8) is 0 Å². The number of amides is 2. The van der Waals surface area contributed by atoms with Gasteiger partial charge in [0, 0.05) is 31.4 Å². The third-order valence-corrected chi connectivity index (χ3v) is 4.87. The Hall–Kier alpha value is -2.90. The van der Waals surface area contributed by atoms with Gasteiger partial charge in [-0.25, -0.2) is 4.98 Å². The van der Waals surface area contributed by atoms with Crippen LogP contribution in [-0.2, 0) is 13.0 Å². The lowest BCUT2D eigenvalue weighted by atomic mass is 9.94. The number of aryl methyl sites for hydroxylation is 1. The molecule has 3 rings (SSSR count). The zero-order valence-electron chi connectivity index (χ0n) is 17.5. The molecule has 1 aliphatic heterocycles. The smallest absolute Gasteiger partial charge is 0.255 e. The Morgan fingerprint density at radius 2 is 1.97 bits per heavy atom. The summed E-state index contributed by atoms with van der Waals surface area (Å²) >= 11 is 0. The number of nitrogens with one attached hydrogen (secondary N) is 3. The fourth-order valence-electron chi connectivity index (χ4n) is 3.51. The molecule has 0 spiro atoms. The first kappa shape index (κ1) is 20.8. The monoisotopic (exact) mass is 398 g/mol. The Morgan fingerprint density at radius 1 is 1.17 bits per heavy atom. The van der Waals surface area contributed by atoms with Crippen molar-refractivity contribution in [2.75, 3.05) is 11.9 Å². The van der Waals surface area contributed by atoms with E-state index in [2.05, 4.69) is 26.0 Å². The highest BCUT2D eigenvalue weighted by atomic mass is 16.2. The summed E-state index contributed by atoms with van der Waals surface area (Å²) in [4.78, 5) is 29.4. The second-order valence-corrected chi connectivity index (χ2v) is 8.12. The van der Waals surface area contributed by atoms with E-state index in [-0.39, 0.29) is 29.8 Å². The van der Waals surface area contributed by atoms with Crippen LogP contribution in [0.2, 0.25) is 0 Å². The second-order valence-electron chi connectivity index (χ2n) is 8.12. The molecule has 0 saturated heterocycles. The summed E-state index contributed by atoms with van der Waals surface area (Å²) in [6, 6.07) is 3.80. The summed E-state index contributed by atoms with van der Waals surface area (Å²) in [6.45, 7) is 9.19. The number of nitrogens with zero attached hydrogens (tertiary/aromatic N) is 3. The number of anilines is 1. The van der Waals surface area contributed by atoms with Crippen molar-refractivity contribution >= 4 is 17.6 Å². The van der Waals surface area contributed by atoms with Crippen LogP contribution in [0.1, 0.15) is 60.5 Å². The van der Waals surface area contributed by atoms with Gasteiger partial charge in [-0.1, -0.05) is 0 Å². The number of hydrogen-bond acceptors (Lipinski definition) is 5. The molecular formula is C21H30N6O2. The van der Waals surface area contributed by atoms with Gasteiger partial charge in [0.15, 0.2) is 0 Å². The summed E-state index contributed by atoms with van der Waals surface area (Å²) in [5, 5.41) is 13.5. The minimum absolute atomic E-state index is 0.0739. The van der Waals surface area contributed by atoms with Gasteiger partial charge in [-0.15, -0.1) is 0 Å².